The van der Waals surface area contributed by atoms with Gasteiger partial charge in [0.15, 0.2) is 0 Å². The molecule has 0 amide bonds. The number of hydrogen-bond donors (Lipinski definition) is 0. The van der Waals surface area contributed by atoms with Crippen LogP contribution in [0.2, 0.25) is 0 Å². The van der Waals surface area contributed by atoms with Crippen LogP contribution in [0.25, 0.3) is 0 Å². The number of aldehydes is 1. The number of ether oxygens (including phenoxy) is 1. The van der Waals surface area contributed by atoms with Crippen molar-refractivity contribution < 1.29 is 9.53 Å². The van der Waals surface area contributed by atoms with Gasteiger partial charge in [0.1, 0.15) is 6.29 Å². The molecule has 0 aliphatic heterocycles. The summed E-state index contributed by atoms with van der Waals surface area (Å²) in [5.74, 6) is 1.12. The highest BCUT2D eigenvalue weighted by atomic mass is 16.5. The predicted octanol–water partition coefficient (Wildman–Crippen LogP) is 3.88. The summed E-state index contributed by atoms with van der Waals surface area (Å²) in [4.78, 5) is 10.9. The molecule has 0 heterocycles. The Kier molecular flexibility index (Phi) is 6.68. The first-order valence-electron chi connectivity index (χ1n) is 6.66. The van der Waals surface area contributed by atoms with Crippen molar-refractivity contribution in [2.24, 2.45) is 11.8 Å². The molecule has 0 aromatic heterocycles. The van der Waals surface area contributed by atoms with Crippen molar-refractivity contribution in [1.82, 2.24) is 0 Å². The Balaban J connectivity index is 2.39. The number of unbranched alkanes of at least 4 members (excludes halogenated alkanes) is 1. The summed E-state index contributed by atoms with van der Waals surface area (Å²) >= 11 is 0. The van der Waals surface area contributed by atoms with Crippen LogP contribution in [0, 0.1) is 11.8 Å². The van der Waals surface area contributed by atoms with Crippen LogP contribution in [0.15, 0.2) is 24.0 Å². The second-order valence-corrected chi connectivity index (χ2v) is 4.80. The molecule has 17 heavy (non-hydrogen) atoms. The van der Waals surface area contributed by atoms with Crippen molar-refractivity contribution in [3.8, 4) is 0 Å². The zero-order chi connectivity index (χ0) is 12.5. The van der Waals surface area contributed by atoms with Crippen molar-refractivity contribution in [2.45, 2.75) is 45.4 Å². The summed E-state index contributed by atoms with van der Waals surface area (Å²) in [5.41, 5.74) is 0.823. The normalized spacial score (nSPS) is 26.1. The minimum atomic E-state index is 0.406. The molecular formula is C15H24O2. The monoisotopic (exact) mass is 236 g/mol. The maximum absolute atomic E-state index is 10.9. The smallest absolute Gasteiger partial charge is 0.149 e. The minimum Gasteiger partial charge on any atom is -0.504 e. The molecule has 2 nitrogen and oxygen atoms in total. The van der Waals surface area contributed by atoms with Gasteiger partial charge in [-0.1, -0.05) is 25.5 Å². The topological polar surface area (TPSA) is 26.3 Å². The fraction of sp³-hybridized carbons (Fsp3) is 0.667. The van der Waals surface area contributed by atoms with E-state index < -0.39 is 0 Å². The molecule has 2 heteroatoms. The van der Waals surface area contributed by atoms with E-state index in [9.17, 15) is 4.79 Å². The second kappa shape index (κ2) is 8.10. The standard InChI is InChI=1S/C15H24O2/c1-3-4-5-6-13-7-9-14(10-8-13)15(11-16)12-17-2/h5-6,11-14H,3-4,7-10H2,1-2H3. The SMILES string of the molecule is CCCC=CC1CCC(C(C=O)=COC)CC1. The summed E-state index contributed by atoms with van der Waals surface area (Å²) < 4.78 is 4.95. The largest absolute Gasteiger partial charge is 0.504 e. The van der Waals surface area contributed by atoms with Crippen LogP contribution in [0.3, 0.4) is 0 Å². The van der Waals surface area contributed by atoms with Crippen LogP contribution in [-0.2, 0) is 9.53 Å². The van der Waals surface area contributed by atoms with Gasteiger partial charge in [-0.2, -0.15) is 0 Å². The van der Waals surface area contributed by atoms with Crippen molar-refractivity contribution in [3.63, 3.8) is 0 Å². The molecule has 1 rings (SSSR count). The van der Waals surface area contributed by atoms with Gasteiger partial charge in [-0.15, -0.1) is 0 Å². The summed E-state index contributed by atoms with van der Waals surface area (Å²) in [6.45, 7) is 2.20. The van der Waals surface area contributed by atoms with Crippen LogP contribution < -0.4 is 0 Å². The Hall–Kier alpha value is -1.05. The van der Waals surface area contributed by atoms with E-state index >= 15 is 0 Å². The van der Waals surface area contributed by atoms with Gasteiger partial charge in [-0.05, 0) is 43.9 Å². The first kappa shape index (κ1) is 14.0. The molecule has 96 valence electrons. The van der Waals surface area contributed by atoms with Crippen LogP contribution in [0.1, 0.15) is 45.4 Å². The number of methoxy groups -OCH3 is 1. The lowest BCUT2D eigenvalue weighted by atomic mass is 9.79. The molecule has 1 aliphatic carbocycles. The molecule has 0 saturated heterocycles. The molecule has 0 atom stereocenters. The molecular weight excluding hydrogens is 212 g/mol. The number of allylic oxidation sites excluding steroid dienone is 3. The van der Waals surface area contributed by atoms with E-state index in [1.165, 1.54) is 25.7 Å². The van der Waals surface area contributed by atoms with E-state index in [-0.39, 0.29) is 0 Å². The highest BCUT2D eigenvalue weighted by Crippen LogP contribution is 2.33. The van der Waals surface area contributed by atoms with Crippen LogP contribution in [0.4, 0.5) is 0 Å². The fourth-order valence-electron chi connectivity index (χ4n) is 2.46. The Morgan fingerprint density at radius 3 is 2.53 bits per heavy atom. The first-order chi connectivity index (χ1) is 8.31. The van der Waals surface area contributed by atoms with Crippen LogP contribution >= 0.6 is 0 Å². The van der Waals surface area contributed by atoms with E-state index in [0.717, 1.165) is 24.7 Å². The van der Waals surface area contributed by atoms with Crippen LogP contribution in [-0.4, -0.2) is 13.4 Å². The van der Waals surface area contributed by atoms with Crippen molar-refractivity contribution in [1.29, 1.82) is 0 Å². The molecule has 1 saturated carbocycles. The van der Waals surface area contributed by atoms with E-state index in [1.807, 2.05) is 0 Å². The molecule has 0 aromatic carbocycles. The maximum Gasteiger partial charge on any atom is 0.149 e. The van der Waals surface area contributed by atoms with E-state index in [2.05, 4.69) is 19.1 Å². The number of rotatable bonds is 6. The number of carbonyl (C=O) groups is 1. The lowest BCUT2D eigenvalue weighted by Crippen LogP contribution is -2.15. The first-order valence-corrected chi connectivity index (χ1v) is 6.66. The Bertz CT molecular complexity index is 271. The summed E-state index contributed by atoms with van der Waals surface area (Å²) in [5, 5.41) is 0. The predicted molar refractivity (Wildman–Crippen MR) is 70.7 cm³/mol. The van der Waals surface area contributed by atoms with Gasteiger partial charge in [-0.3, -0.25) is 4.79 Å². The average molecular weight is 236 g/mol. The zero-order valence-corrected chi connectivity index (χ0v) is 11.0. The van der Waals surface area contributed by atoms with Crippen molar-refractivity contribution >= 4 is 6.29 Å². The lowest BCUT2D eigenvalue weighted by molar-refractivity contribution is -0.105. The third kappa shape index (κ3) is 4.76. The quantitative estimate of drug-likeness (QED) is 0.303. The fourth-order valence-corrected chi connectivity index (χ4v) is 2.46. The van der Waals surface area contributed by atoms with E-state index in [0.29, 0.717) is 11.8 Å². The summed E-state index contributed by atoms with van der Waals surface area (Å²) in [6.07, 6.45) is 14.2. The molecule has 0 spiro atoms. The summed E-state index contributed by atoms with van der Waals surface area (Å²) in [7, 11) is 1.60. The summed E-state index contributed by atoms with van der Waals surface area (Å²) in [6, 6.07) is 0. The van der Waals surface area contributed by atoms with Gasteiger partial charge in [0, 0.05) is 5.57 Å². The van der Waals surface area contributed by atoms with Crippen LogP contribution in [0.5, 0.6) is 0 Å². The molecule has 0 unspecified atom stereocenters. The van der Waals surface area contributed by atoms with Gasteiger partial charge in [0.05, 0.1) is 13.4 Å². The van der Waals surface area contributed by atoms with Gasteiger partial charge in [0.2, 0.25) is 0 Å². The third-order valence-electron chi connectivity index (χ3n) is 3.50. The highest BCUT2D eigenvalue weighted by Gasteiger charge is 2.22. The van der Waals surface area contributed by atoms with Gasteiger partial charge < -0.3 is 4.74 Å². The maximum atomic E-state index is 10.9. The molecule has 0 bridgehead atoms. The van der Waals surface area contributed by atoms with Crippen molar-refractivity contribution in [3.05, 3.63) is 24.0 Å². The molecule has 0 N–H and O–H groups in total. The molecule has 1 aliphatic rings. The van der Waals surface area contributed by atoms with Gasteiger partial charge in [0.25, 0.3) is 0 Å². The average Bonchev–Trinajstić information content (AvgIpc) is 2.37. The second-order valence-electron chi connectivity index (χ2n) is 4.80. The van der Waals surface area contributed by atoms with E-state index in [1.54, 1.807) is 13.4 Å². The zero-order valence-electron chi connectivity index (χ0n) is 11.0. The van der Waals surface area contributed by atoms with Crippen molar-refractivity contribution in [2.75, 3.05) is 7.11 Å². The Labute approximate surface area is 105 Å². The van der Waals surface area contributed by atoms with Gasteiger partial charge in [-0.25, -0.2) is 0 Å². The third-order valence-corrected chi connectivity index (χ3v) is 3.50. The number of carbonyl (C=O) groups excluding carboxylic acids is 1. The molecule has 1 fully saturated rings. The molecule has 0 aromatic rings. The Morgan fingerprint density at radius 1 is 1.29 bits per heavy atom. The lowest BCUT2D eigenvalue weighted by Gasteiger charge is -2.26. The van der Waals surface area contributed by atoms with Gasteiger partial charge >= 0.3 is 0 Å². The minimum absolute atomic E-state index is 0.406. The Morgan fingerprint density at radius 2 is 2.00 bits per heavy atom. The number of hydrogen-bond acceptors (Lipinski definition) is 2. The highest BCUT2D eigenvalue weighted by molar-refractivity contribution is 5.73. The van der Waals surface area contributed by atoms with E-state index in [4.69, 9.17) is 4.74 Å². The molecule has 0 radical (unpaired) electrons.